The molecular weight excluding hydrogens is 432 g/mol. The SMILES string of the molecule is CCOC(=O)C(C)NC(Cc1ccc(-c2cccc(Cl)c2)cc1)C(=O)N(C)/C(N)=N/NN. The van der Waals surface area contributed by atoms with E-state index >= 15 is 0 Å². The summed E-state index contributed by atoms with van der Waals surface area (Å²) in [5.41, 5.74) is 10.7. The third-order valence-corrected chi connectivity index (χ3v) is 5.03. The van der Waals surface area contributed by atoms with Crippen LogP contribution in [0, 0.1) is 0 Å². The molecule has 0 fully saturated rings. The van der Waals surface area contributed by atoms with Crippen molar-refractivity contribution in [2.75, 3.05) is 13.7 Å². The highest BCUT2D eigenvalue weighted by Gasteiger charge is 2.28. The van der Waals surface area contributed by atoms with Crippen LogP contribution in [-0.2, 0) is 20.7 Å². The molecule has 2 aromatic carbocycles. The van der Waals surface area contributed by atoms with E-state index < -0.39 is 18.1 Å². The maximum absolute atomic E-state index is 13.1. The number of rotatable bonds is 9. The van der Waals surface area contributed by atoms with E-state index in [-0.39, 0.29) is 18.5 Å². The molecule has 2 rings (SSSR count). The summed E-state index contributed by atoms with van der Waals surface area (Å²) in [4.78, 5) is 26.3. The first kappa shape index (κ1) is 25.1. The number of hydrogen-bond acceptors (Lipinski definition) is 7. The Hall–Kier alpha value is -3.14. The van der Waals surface area contributed by atoms with Crippen LogP contribution < -0.4 is 22.4 Å². The molecule has 9 nitrogen and oxygen atoms in total. The third kappa shape index (κ3) is 6.94. The number of carbonyl (C=O) groups excluding carboxylic acids is 2. The van der Waals surface area contributed by atoms with Crippen LogP contribution in [0.2, 0.25) is 5.02 Å². The van der Waals surface area contributed by atoms with E-state index in [1.165, 1.54) is 7.05 Å². The molecule has 0 aliphatic heterocycles. The van der Waals surface area contributed by atoms with Gasteiger partial charge in [0.25, 0.3) is 0 Å². The molecule has 10 heteroatoms. The minimum atomic E-state index is -0.761. The maximum Gasteiger partial charge on any atom is 0.322 e. The van der Waals surface area contributed by atoms with Crippen molar-refractivity contribution >= 4 is 29.4 Å². The first-order valence-electron chi connectivity index (χ1n) is 10.1. The predicted octanol–water partition coefficient (Wildman–Crippen LogP) is 1.61. The molecule has 0 heterocycles. The molecule has 0 aliphatic rings. The fraction of sp³-hybridized carbons (Fsp3) is 0.318. The summed E-state index contributed by atoms with van der Waals surface area (Å²) in [6.07, 6.45) is 0.312. The quantitative estimate of drug-likeness (QED) is 0.147. The van der Waals surface area contributed by atoms with Crippen molar-refractivity contribution < 1.29 is 14.3 Å². The molecule has 1 amide bonds. The van der Waals surface area contributed by atoms with Gasteiger partial charge < -0.3 is 10.5 Å². The summed E-state index contributed by atoms with van der Waals surface area (Å²) in [6, 6.07) is 13.8. The first-order chi connectivity index (χ1) is 15.3. The Kier molecular flexibility index (Phi) is 9.45. The lowest BCUT2D eigenvalue weighted by Crippen LogP contribution is -2.54. The number of benzene rings is 2. The van der Waals surface area contributed by atoms with Crippen molar-refractivity contribution in [1.29, 1.82) is 0 Å². The summed E-state index contributed by atoms with van der Waals surface area (Å²) in [7, 11) is 1.48. The summed E-state index contributed by atoms with van der Waals surface area (Å²) in [6.45, 7) is 3.61. The molecule has 2 aromatic rings. The van der Waals surface area contributed by atoms with E-state index in [0.717, 1.165) is 21.6 Å². The molecule has 0 radical (unpaired) electrons. The number of hydrazine groups is 1. The van der Waals surface area contributed by atoms with E-state index in [1.54, 1.807) is 13.8 Å². The van der Waals surface area contributed by atoms with Crippen LogP contribution in [0.25, 0.3) is 11.1 Å². The van der Waals surface area contributed by atoms with E-state index in [9.17, 15) is 9.59 Å². The second-order valence-electron chi connectivity index (χ2n) is 7.10. The molecule has 2 unspecified atom stereocenters. The Bertz CT molecular complexity index is 951. The number of hydrogen-bond donors (Lipinski definition) is 4. The topological polar surface area (TPSA) is 135 Å². The Morgan fingerprint density at radius 2 is 1.88 bits per heavy atom. The predicted molar refractivity (Wildman–Crippen MR) is 125 cm³/mol. The van der Waals surface area contributed by atoms with Crippen molar-refractivity contribution in [3.05, 3.63) is 59.1 Å². The molecule has 172 valence electrons. The van der Waals surface area contributed by atoms with Gasteiger partial charge >= 0.3 is 5.97 Å². The largest absolute Gasteiger partial charge is 0.465 e. The van der Waals surface area contributed by atoms with Gasteiger partial charge in [0.1, 0.15) is 6.04 Å². The van der Waals surface area contributed by atoms with Crippen molar-refractivity contribution in [1.82, 2.24) is 15.8 Å². The van der Waals surface area contributed by atoms with Crippen LogP contribution in [0.1, 0.15) is 19.4 Å². The van der Waals surface area contributed by atoms with Crippen molar-refractivity contribution in [2.24, 2.45) is 16.7 Å². The van der Waals surface area contributed by atoms with Gasteiger partial charge in [-0.3, -0.25) is 19.8 Å². The van der Waals surface area contributed by atoms with Crippen LogP contribution in [0.15, 0.2) is 53.6 Å². The van der Waals surface area contributed by atoms with E-state index in [4.69, 9.17) is 27.9 Å². The van der Waals surface area contributed by atoms with Crippen molar-refractivity contribution in [3.8, 4) is 11.1 Å². The number of likely N-dealkylation sites (N-methyl/N-ethyl adjacent to an activating group) is 1. The zero-order valence-electron chi connectivity index (χ0n) is 18.3. The van der Waals surface area contributed by atoms with Gasteiger partial charge in [-0.05, 0) is 49.1 Å². The molecule has 0 saturated carbocycles. The standard InChI is InChI=1S/C22H29ClN6O3/c1-4-32-21(31)14(2)26-19(20(30)29(3)22(24)27-28-25)12-15-8-10-16(11-9-15)17-6-5-7-18(23)13-17/h5-11,13-14,19,26,28H,4,12,25H2,1-3H3,(H2,24,27). The average molecular weight is 461 g/mol. The lowest BCUT2D eigenvalue weighted by atomic mass is 9.99. The zero-order valence-corrected chi connectivity index (χ0v) is 19.1. The smallest absolute Gasteiger partial charge is 0.322 e. The molecule has 0 saturated heterocycles. The number of guanidine groups is 1. The van der Waals surface area contributed by atoms with Crippen molar-refractivity contribution in [3.63, 3.8) is 0 Å². The summed E-state index contributed by atoms with van der Waals surface area (Å²) in [5, 5.41) is 7.32. The van der Waals surface area contributed by atoms with Gasteiger partial charge in [-0.1, -0.05) is 48.0 Å². The summed E-state index contributed by atoms with van der Waals surface area (Å²) < 4.78 is 5.04. The van der Waals surface area contributed by atoms with Crippen LogP contribution in [-0.4, -0.2) is 48.5 Å². The van der Waals surface area contributed by atoms with Gasteiger partial charge in [-0.15, -0.1) is 5.10 Å². The number of nitrogens with two attached hydrogens (primary N) is 2. The van der Waals surface area contributed by atoms with E-state index in [0.29, 0.717) is 11.4 Å². The van der Waals surface area contributed by atoms with E-state index in [1.807, 2.05) is 48.5 Å². The maximum atomic E-state index is 13.1. The fourth-order valence-electron chi connectivity index (χ4n) is 3.08. The number of amides is 1. The van der Waals surface area contributed by atoms with Gasteiger partial charge in [0.2, 0.25) is 11.9 Å². The fourth-order valence-corrected chi connectivity index (χ4v) is 3.27. The lowest BCUT2D eigenvalue weighted by molar-refractivity contribution is -0.145. The molecular formula is C22H29ClN6O3. The number of hydrazone groups is 1. The Labute approximate surface area is 192 Å². The number of carbonyl (C=O) groups is 2. The van der Waals surface area contributed by atoms with Gasteiger partial charge in [0.05, 0.1) is 12.6 Å². The zero-order chi connectivity index (χ0) is 23.7. The molecule has 0 aromatic heterocycles. The van der Waals surface area contributed by atoms with Gasteiger partial charge in [0, 0.05) is 12.1 Å². The second kappa shape index (κ2) is 12.0. The highest BCUT2D eigenvalue weighted by Crippen LogP contribution is 2.23. The first-order valence-corrected chi connectivity index (χ1v) is 10.5. The number of ether oxygens (including phenoxy) is 1. The Morgan fingerprint density at radius 1 is 1.19 bits per heavy atom. The van der Waals surface area contributed by atoms with Crippen LogP contribution in [0.4, 0.5) is 0 Å². The monoisotopic (exact) mass is 460 g/mol. The second-order valence-corrected chi connectivity index (χ2v) is 7.54. The summed E-state index contributed by atoms with van der Waals surface area (Å²) >= 11 is 6.08. The number of nitrogens with zero attached hydrogens (tertiary/aromatic N) is 2. The molecule has 0 aliphatic carbocycles. The normalized spacial score (nSPS) is 13.2. The Balaban J connectivity index is 2.23. The number of nitrogens with one attached hydrogen (secondary N) is 2. The highest BCUT2D eigenvalue weighted by molar-refractivity contribution is 6.30. The average Bonchev–Trinajstić information content (AvgIpc) is 2.78. The number of esters is 1. The Morgan fingerprint density at radius 3 is 2.47 bits per heavy atom. The molecule has 6 N–H and O–H groups in total. The summed E-state index contributed by atoms with van der Waals surface area (Å²) in [5.74, 6) is 4.22. The molecule has 0 bridgehead atoms. The van der Waals surface area contributed by atoms with Gasteiger partial charge in [-0.25, -0.2) is 11.4 Å². The van der Waals surface area contributed by atoms with E-state index in [2.05, 4.69) is 16.0 Å². The third-order valence-electron chi connectivity index (χ3n) is 4.79. The molecule has 32 heavy (non-hydrogen) atoms. The minimum absolute atomic E-state index is 0.107. The highest BCUT2D eigenvalue weighted by atomic mass is 35.5. The van der Waals surface area contributed by atoms with Crippen LogP contribution >= 0.6 is 11.6 Å². The molecule has 2 atom stereocenters. The minimum Gasteiger partial charge on any atom is -0.465 e. The van der Waals surface area contributed by atoms with Crippen molar-refractivity contribution in [2.45, 2.75) is 32.4 Å². The van der Waals surface area contributed by atoms with Crippen LogP contribution in [0.3, 0.4) is 0 Å². The number of halogens is 1. The molecule has 0 spiro atoms. The van der Waals surface area contributed by atoms with Crippen LogP contribution in [0.5, 0.6) is 0 Å². The van der Waals surface area contributed by atoms with Gasteiger partial charge in [0.15, 0.2) is 0 Å². The van der Waals surface area contributed by atoms with Gasteiger partial charge in [-0.2, -0.15) is 0 Å². The lowest BCUT2D eigenvalue weighted by Gasteiger charge is -2.26.